The first-order valence-electron chi connectivity index (χ1n) is 10.4. The van der Waals surface area contributed by atoms with Crippen molar-refractivity contribution < 1.29 is 26.6 Å². The Morgan fingerprint density at radius 1 is 0.786 bits per heavy atom. The van der Waals surface area contributed by atoms with Crippen LogP contribution in [0, 0.1) is 63.2 Å². The molecule has 0 heterocycles. The van der Waals surface area contributed by atoms with Crippen LogP contribution >= 0.6 is 0 Å². The molecule has 0 unspecified atom stereocenters. The van der Waals surface area contributed by atoms with Gasteiger partial charge < -0.3 is 9.53 Å². The maximum Gasteiger partial charge on any atom is 2.00 e. The summed E-state index contributed by atoms with van der Waals surface area (Å²) in [5.74, 6) is 2.84. The van der Waals surface area contributed by atoms with Crippen LogP contribution in [0.2, 0.25) is 18.1 Å². The minimum Gasteiger partial charge on any atom is -0.417 e. The molecule has 2 aliphatic carbocycles. The molecule has 28 heavy (non-hydrogen) atoms. The number of unbranched alkanes of at least 4 members (excludes halogenated alkanes) is 2. The third-order valence-corrected chi connectivity index (χ3v) is 10.0. The van der Waals surface area contributed by atoms with Gasteiger partial charge in [-0.2, -0.15) is 0 Å². The molecule has 2 aliphatic rings. The summed E-state index contributed by atoms with van der Waals surface area (Å²) < 4.78 is 6.15. The zero-order valence-electron chi connectivity index (χ0n) is 18.5. The molecular weight excluding hydrogens is 404 g/mol. The molecule has 2 nitrogen and oxygen atoms in total. The van der Waals surface area contributed by atoms with Crippen LogP contribution in [0.25, 0.3) is 0 Å². The summed E-state index contributed by atoms with van der Waals surface area (Å²) in [6, 6.07) is 0. The Morgan fingerprint density at radius 3 is 1.61 bits per heavy atom. The average molecular weight is 445 g/mol. The predicted molar refractivity (Wildman–Crippen MR) is 119 cm³/mol. The molecule has 0 bridgehead atoms. The van der Waals surface area contributed by atoms with Crippen molar-refractivity contribution in [2.45, 2.75) is 77.4 Å². The summed E-state index contributed by atoms with van der Waals surface area (Å²) in [4.78, 5) is 0. The maximum absolute atomic E-state index is 8.49. The second-order valence-corrected chi connectivity index (χ2v) is 13.6. The molecule has 0 aliphatic heterocycles. The van der Waals surface area contributed by atoms with Crippen molar-refractivity contribution in [1.82, 2.24) is 0 Å². The summed E-state index contributed by atoms with van der Waals surface area (Å²) in [5.41, 5.74) is 0. The van der Waals surface area contributed by atoms with Gasteiger partial charge >= 0.3 is 17.1 Å². The van der Waals surface area contributed by atoms with E-state index in [9.17, 15) is 0 Å². The van der Waals surface area contributed by atoms with Crippen LogP contribution in [0.3, 0.4) is 0 Å². The topological polar surface area (TPSA) is 29.5 Å². The molecule has 158 valence electrons. The van der Waals surface area contributed by atoms with E-state index in [0.29, 0.717) is 11.6 Å². The molecule has 4 heteroatoms. The molecular formula is C24H40FeO2Si+2. The van der Waals surface area contributed by atoms with E-state index in [2.05, 4.69) is 72.4 Å². The first kappa shape index (κ1) is 28.7. The molecule has 0 aromatic heterocycles. The predicted octanol–water partition coefficient (Wildman–Crippen LogP) is 6.14. The van der Waals surface area contributed by atoms with Gasteiger partial charge in [-0.25, -0.2) is 0 Å². The van der Waals surface area contributed by atoms with Crippen LogP contribution in [0.5, 0.6) is 0 Å². The van der Waals surface area contributed by atoms with Gasteiger partial charge in [0.25, 0.3) is 0 Å². The fourth-order valence-electron chi connectivity index (χ4n) is 2.58. The molecule has 0 spiro atoms. The van der Waals surface area contributed by atoms with E-state index in [4.69, 9.17) is 9.53 Å². The van der Waals surface area contributed by atoms with E-state index in [1.807, 2.05) is 12.8 Å². The third-order valence-electron chi connectivity index (χ3n) is 5.47. The summed E-state index contributed by atoms with van der Waals surface area (Å²) in [5, 5.41) is 8.83. The van der Waals surface area contributed by atoms with Gasteiger partial charge in [-0.3, -0.25) is 0 Å². The molecule has 2 fully saturated rings. The first-order chi connectivity index (χ1) is 12.8. The molecule has 0 aromatic rings. The Morgan fingerprint density at radius 2 is 1.21 bits per heavy atom. The van der Waals surface area contributed by atoms with Gasteiger partial charge in [0.2, 0.25) is 0 Å². The fourth-order valence-corrected chi connectivity index (χ4v) is 3.66. The smallest absolute Gasteiger partial charge is 0.417 e. The van der Waals surface area contributed by atoms with Crippen LogP contribution in [-0.2, 0) is 21.5 Å². The van der Waals surface area contributed by atoms with Gasteiger partial charge in [-0.05, 0) is 107 Å². The van der Waals surface area contributed by atoms with Crippen LogP contribution in [0.15, 0.2) is 0 Å². The molecule has 1 N–H and O–H groups in total. The van der Waals surface area contributed by atoms with Crippen molar-refractivity contribution in [2.75, 3.05) is 13.2 Å². The van der Waals surface area contributed by atoms with Crippen molar-refractivity contribution in [3.05, 3.63) is 63.2 Å². The Bertz CT molecular complexity index is 356. The van der Waals surface area contributed by atoms with Crippen LogP contribution in [-0.4, -0.2) is 26.6 Å². The Balaban J connectivity index is 0.000000567. The maximum atomic E-state index is 8.49. The molecule has 0 aromatic carbocycles. The van der Waals surface area contributed by atoms with E-state index in [1.165, 1.54) is 31.1 Å². The second kappa shape index (κ2) is 15.5. The molecule has 0 amide bonds. The zero-order chi connectivity index (χ0) is 20.2. The van der Waals surface area contributed by atoms with E-state index < -0.39 is 8.32 Å². The monoisotopic (exact) mass is 444 g/mol. The largest absolute Gasteiger partial charge is 2.00 e. The van der Waals surface area contributed by atoms with Crippen LogP contribution in [0.1, 0.15) is 59.3 Å². The normalized spacial score (nSPS) is 18.6. The fraction of sp³-hybridized carbons (Fsp3) is 0.583. The van der Waals surface area contributed by atoms with Crippen molar-refractivity contribution in [2.24, 2.45) is 0 Å². The molecule has 0 atom stereocenters. The summed E-state index contributed by atoms with van der Waals surface area (Å²) in [7, 11) is -1.52. The van der Waals surface area contributed by atoms with Gasteiger partial charge in [-0.1, -0.05) is 33.6 Å². The van der Waals surface area contributed by atoms with Crippen molar-refractivity contribution in [1.29, 1.82) is 0 Å². The van der Waals surface area contributed by atoms with Crippen LogP contribution in [0.4, 0.5) is 0 Å². The Hall–Kier alpha value is 0.656. The second-order valence-electron chi connectivity index (χ2n) is 8.83. The van der Waals surface area contributed by atoms with Gasteiger partial charge in [0.1, 0.15) is 0 Å². The average Bonchev–Trinajstić information content (AvgIpc) is 3.28. The number of hydrogen-bond donors (Lipinski definition) is 1. The zero-order valence-corrected chi connectivity index (χ0v) is 20.6. The van der Waals surface area contributed by atoms with E-state index in [1.54, 1.807) is 0 Å². The molecule has 0 saturated heterocycles. The van der Waals surface area contributed by atoms with Crippen molar-refractivity contribution >= 4 is 8.32 Å². The van der Waals surface area contributed by atoms with Crippen molar-refractivity contribution in [3.8, 4) is 0 Å². The SMILES string of the molecule is CC(C)(C)[Si](C)(C)OCCCC[C]1[CH][CH][CH][CH]1.OCCCC[C]1[CH][CH][CH][CH]1.[Fe+2]. The molecule has 2 rings (SSSR count). The molecule has 2 saturated carbocycles. The summed E-state index contributed by atoms with van der Waals surface area (Å²) in [6.45, 7) is 12.8. The van der Waals surface area contributed by atoms with E-state index in [0.717, 1.165) is 25.9 Å². The third kappa shape index (κ3) is 12.4. The summed E-state index contributed by atoms with van der Waals surface area (Å²) >= 11 is 0. The number of rotatable bonds is 10. The number of aliphatic hydroxyl groups excluding tert-OH is 1. The molecule has 10 radical (unpaired) electrons. The van der Waals surface area contributed by atoms with E-state index >= 15 is 0 Å². The Labute approximate surface area is 188 Å². The van der Waals surface area contributed by atoms with Gasteiger partial charge in [0.05, 0.1) is 0 Å². The Kier molecular flexibility index (Phi) is 15.8. The summed E-state index contributed by atoms with van der Waals surface area (Å²) in [6.07, 6.45) is 23.7. The quantitative estimate of drug-likeness (QED) is 0.324. The van der Waals surface area contributed by atoms with Gasteiger partial charge in [-0.15, -0.1) is 0 Å². The standard InChI is InChI=1S/C15H27OSi.C9H13O.Fe/c1-15(2,3)17(4,5)16-13-9-8-12-14-10-6-7-11-14;10-8-4-3-7-9-5-1-2-6-9;/h6-7,10-11H,8-9,12-13H2,1-5H3;1-2,5-6,10H,3-4,7-8H2;/q;;+2. The van der Waals surface area contributed by atoms with Crippen molar-refractivity contribution in [3.63, 3.8) is 0 Å². The van der Waals surface area contributed by atoms with E-state index in [-0.39, 0.29) is 17.1 Å². The minimum atomic E-state index is -1.52. The first-order valence-corrected chi connectivity index (χ1v) is 13.3. The minimum absolute atomic E-state index is 0. The number of aliphatic hydroxyl groups is 1. The number of hydrogen-bond acceptors (Lipinski definition) is 2. The van der Waals surface area contributed by atoms with Gasteiger partial charge in [0.15, 0.2) is 8.32 Å². The van der Waals surface area contributed by atoms with Crippen LogP contribution < -0.4 is 0 Å². The van der Waals surface area contributed by atoms with Gasteiger partial charge in [0, 0.05) is 13.2 Å².